The zero-order valence-corrected chi connectivity index (χ0v) is 10.7. The smallest absolute Gasteiger partial charge is 0.137 e. The second kappa shape index (κ2) is 5.22. The molecule has 0 fully saturated rings. The van der Waals surface area contributed by atoms with Crippen molar-refractivity contribution in [3.05, 3.63) is 61.2 Å². The Morgan fingerprint density at radius 2 is 1.75 bits per heavy atom. The summed E-state index contributed by atoms with van der Waals surface area (Å²) in [4.78, 5) is 7.93. The van der Waals surface area contributed by atoms with Crippen LogP contribution in [0.5, 0.6) is 0 Å². The first-order valence-corrected chi connectivity index (χ1v) is 6.19. The Balaban J connectivity index is 2.11. The molecule has 2 heterocycles. The summed E-state index contributed by atoms with van der Waals surface area (Å²) in [6, 6.07) is 9.70. The predicted molar refractivity (Wildman–Crippen MR) is 70.6 cm³/mol. The van der Waals surface area contributed by atoms with Gasteiger partial charge in [0.2, 0.25) is 0 Å². The summed E-state index contributed by atoms with van der Waals surface area (Å²) in [5, 5.41) is 18.4. The number of hydrogen-bond acceptors (Lipinski definition) is 5. The molecule has 1 aromatic carbocycles. The highest BCUT2D eigenvalue weighted by Gasteiger charge is 2.35. The maximum absolute atomic E-state index is 10.1. The Labute approximate surface area is 115 Å². The SMILES string of the molecule is OCC(Cn1cncn1)(c1ccccc1)n1cncn1. The first-order chi connectivity index (χ1) is 9.85. The molecule has 0 amide bonds. The summed E-state index contributed by atoms with van der Waals surface area (Å²) in [7, 11) is 0. The Morgan fingerprint density at radius 1 is 1.00 bits per heavy atom. The summed E-state index contributed by atoms with van der Waals surface area (Å²) in [5.74, 6) is 0. The molecule has 3 rings (SSSR count). The van der Waals surface area contributed by atoms with Gasteiger partial charge in [-0.25, -0.2) is 14.6 Å². The number of benzene rings is 1. The molecule has 0 aliphatic carbocycles. The minimum Gasteiger partial charge on any atom is -0.393 e. The molecule has 1 atom stereocenters. The Hall–Kier alpha value is -2.54. The van der Waals surface area contributed by atoms with Gasteiger partial charge >= 0.3 is 0 Å². The standard InChI is InChI=1S/C13H14N6O/c20-7-13(19-11-15-9-17-19,6-18-10-14-8-16-18)12-4-2-1-3-5-12/h1-5,8-11,20H,6-7H2. The van der Waals surface area contributed by atoms with Gasteiger partial charge in [0, 0.05) is 0 Å². The first kappa shape index (κ1) is 12.5. The van der Waals surface area contributed by atoms with E-state index >= 15 is 0 Å². The molecule has 2 aromatic heterocycles. The first-order valence-electron chi connectivity index (χ1n) is 6.19. The van der Waals surface area contributed by atoms with Crippen LogP contribution in [0.15, 0.2) is 55.6 Å². The third-order valence-electron chi connectivity index (χ3n) is 3.32. The van der Waals surface area contributed by atoms with Crippen molar-refractivity contribution < 1.29 is 5.11 Å². The van der Waals surface area contributed by atoms with Crippen molar-refractivity contribution in [2.75, 3.05) is 6.61 Å². The van der Waals surface area contributed by atoms with Crippen molar-refractivity contribution >= 4 is 0 Å². The van der Waals surface area contributed by atoms with Gasteiger partial charge < -0.3 is 5.11 Å². The lowest BCUT2D eigenvalue weighted by Gasteiger charge is -2.32. The second-order valence-electron chi connectivity index (χ2n) is 4.49. The van der Waals surface area contributed by atoms with E-state index in [9.17, 15) is 5.11 Å². The molecule has 3 aromatic rings. The molecule has 7 nitrogen and oxygen atoms in total. The lowest BCUT2D eigenvalue weighted by molar-refractivity contribution is 0.131. The van der Waals surface area contributed by atoms with Crippen LogP contribution >= 0.6 is 0 Å². The minimum atomic E-state index is -0.758. The fourth-order valence-corrected chi connectivity index (χ4v) is 2.27. The van der Waals surface area contributed by atoms with Crippen molar-refractivity contribution in [2.24, 2.45) is 0 Å². The Morgan fingerprint density at radius 3 is 2.35 bits per heavy atom. The van der Waals surface area contributed by atoms with Crippen LogP contribution in [0.4, 0.5) is 0 Å². The highest BCUT2D eigenvalue weighted by atomic mass is 16.3. The molecule has 0 saturated heterocycles. The number of nitrogens with zero attached hydrogens (tertiary/aromatic N) is 6. The van der Waals surface area contributed by atoms with Gasteiger partial charge in [-0.05, 0) is 5.56 Å². The minimum absolute atomic E-state index is 0.125. The Bertz CT molecular complexity index is 637. The Kier molecular flexibility index (Phi) is 3.26. The van der Waals surface area contributed by atoms with Crippen LogP contribution in [0, 0.1) is 0 Å². The number of aromatic nitrogens is 6. The number of hydrogen-bond donors (Lipinski definition) is 1. The summed E-state index contributed by atoms with van der Waals surface area (Å²) in [6.07, 6.45) is 6.13. The van der Waals surface area contributed by atoms with Crippen LogP contribution in [-0.4, -0.2) is 41.2 Å². The molecule has 0 aliphatic heterocycles. The average molecular weight is 270 g/mol. The van der Waals surface area contributed by atoms with Crippen molar-refractivity contribution in [1.29, 1.82) is 0 Å². The highest BCUT2D eigenvalue weighted by Crippen LogP contribution is 2.26. The topological polar surface area (TPSA) is 81.6 Å². The molecule has 1 N–H and O–H groups in total. The number of aliphatic hydroxyl groups excluding tert-OH is 1. The van der Waals surface area contributed by atoms with Crippen LogP contribution in [0.3, 0.4) is 0 Å². The van der Waals surface area contributed by atoms with Crippen LogP contribution in [-0.2, 0) is 12.1 Å². The van der Waals surface area contributed by atoms with E-state index < -0.39 is 5.54 Å². The van der Waals surface area contributed by atoms with Crippen molar-refractivity contribution in [2.45, 2.75) is 12.1 Å². The van der Waals surface area contributed by atoms with E-state index in [-0.39, 0.29) is 6.61 Å². The summed E-state index contributed by atoms with van der Waals surface area (Å²) in [6.45, 7) is 0.289. The van der Waals surface area contributed by atoms with Gasteiger partial charge in [0.1, 0.15) is 30.8 Å². The van der Waals surface area contributed by atoms with E-state index in [1.807, 2.05) is 30.3 Å². The van der Waals surface area contributed by atoms with Gasteiger partial charge in [-0.2, -0.15) is 10.2 Å². The maximum Gasteiger partial charge on any atom is 0.137 e. The predicted octanol–water partition coefficient (Wildman–Crippen LogP) is 0.306. The second-order valence-corrected chi connectivity index (χ2v) is 4.49. The van der Waals surface area contributed by atoms with Crippen molar-refractivity contribution in [1.82, 2.24) is 29.5 Å². The largest absolute Gasteiger partial charge is 0.393 e. The molecular formula is C13H14N6O. The van der Waals surface area contributed by atoms with E-state index in [0.29, 0.717) is 6.54 Å². The quantitative estimate of drug-likeness (QED) is 0.721. The highest BCUT2D eigenvalue weighted by molar-refractivity contribution is 5.25. The molecule has 1 unspecified atom stereocenters. The van der Waals surface area contributed by atoms with Crippen LogP contribution in [0.1, 0.15) is 5.56 Å². The molecular weight excluding hydrogens is 256 g/mol. The third kappa shape index (κ3) is 2.08. The van der Waals surface area contributed by atoms with Crippen LogP contribution < -0.4 is 0 Å². The van der Waals surface area contributed by atoms with E-state index in [0.717, 1.165) is 5.56 Å². The number of aliphatic hydroxyl groups is 1. The van der Waals surface area contributed by atoms with E-state index in [4.69, 9.17) is 0 Å². The van der Waals surface area contributed by atoms with Gasteiger partial charge in [-0.1, -0.05) is 30.3 Å². The normalized spacial score (nSPS) is 14.1. The fourth-order valence-electron chi connectivity index (χ4n) is 2.27. The third-order valence-corrected chi connectivity index (χ3v) is 3.32. The molecule has 0 saturated carbocycles. The van der Waals surface area contributed by atoms with Gasteiger partial charge in [-0.3, -0.25) is 4.68 Å². The molecule has 102 valence electrons. The monoisotopic (exact) mass is 270 g/mol. The summed E-state index contributed by atoms with van der Waals surface area (Å²) < 4.78 is 3.33. The summed E-state index contributed by atoms with van der Waals surface area (Å²) in [5.41, 5.74) is 0.175. The van der Waals surface area contributed by atoms with E-state index in [2.05, 4.69) is 20.2 Å². The zero-order chi connectivity index (χ0) is 13.8. The molecule has 20 heavy (non-hydrogen) atoms. The lowest BCUT2D eigenvalue weighted by Crippen LogP contribution is -2.43. The van der Waals surface area contributed by atoms with E-state index in [1.54, 1.807) is 22.0 Å². The van der Waals surface area contributed by atoms with Gasteiger partial charge in [0.15, 0.2) is 0 Å². The molecule has 0 bridgehead atoms. The number of rotatable bonds is 5. The molecule has 0 radical (unpaired) electrons. The summed E-state index contributed by atoms with van der Waals surface area (Å²) >= 11 is 0. The van der Waals surface area contributed by atoms with E-state index in [1.165, 1.54) is 12.7 Å². The molecule has 0 aliphatic rings. The van der Waals surface area contributed by atoms with Gasteiger partial charge in [0.05, 0.1) is 13.2 Å². The zero-order valence-electron chi connectivity index (χ0n) is 10.7. The maximum atomic E-state index is 10.1. The van der Waals surface area contributed by atoms with Gasteiger partial charge in [-0.15, -0.1) is 0 Å². The van der Waals surface area contributed by atoms with Crippen molar-refractivity contribution in [3.8, 4) is 0 Å². The van der Waals surface area contributed by atoms with Crippen LogP contribution in [0.2, 0.25) is 0 Å². The fraction of sp³-hybridized carbons (Fsp3) is 0.231. The molecule has 0 spiro atoms. The van der Waals surface area contributed by atoms with Crippen molar-refractivity contribution in [3.63, 3.8) is 0 Å². The lowest BCUT2D eigenvalue weighted by atomic mass is 9.90. The molecule has 7 heteroatoms. The average Bonchev–Trinajstić information content (AvgIpc) is 3.19. The van der Waals surface area contributed by atoms with Crippen LogP contribution in [0.25, 0.3) is 0 Å². The van der Waals surface area contributed by atoms with Gasteiger partial charge in [0.25, 0.3) is 0 Å².